The van der Waals surface area contributed by atoms with Crippen molar-refractivity contribution in [1.82, 2.24) is 14.9 Å². The maximum Gasteiger partial charge on any atom is 0.272 e. The zero-order valence-electron chi connectivity index (χ0n) is 13.3. The van der Waals surface area contributed by atoms with Crippen LogP contribution < -0.4 is 5.73 Å². The molecule has 1 unspecified atom stereocenters. The lowest BCUT2D eigenvalue weighted by atomic mass is 10.1. The predicted octanol–water partition coefficient (Wildman–Crippen LogP) is 1.89. The highest BCUT2D eigenvalue weighted by Crippen LogP contribution is 2.23. The number of nitrogens with zero attached hydrogens (tertiary/aromatic N) is 3. The Morgan fingerprint density at radius 3 is 2.83 bits per heavy atom. The zero-order chi connectivity index (χ0) is 16.4. The first kappa shape index (κ1) is 15.4. The third kappa shape index (κ3) is 3.48. The lowest BCUT2D eigenvalue weighted by Crippen LogP contribution is -2.42. The highest BCUT2D eigenvalue weighted by atomic mass is 16.5. The summed E-state index contributed by atoms with van der Waals surface area (Å²) in [7, 11) is 0. The molecule has 1 amide bonds. The summed E-state index contributed by atoms with van der Waals surface area (Å²) in [6.45, 7) is 5.23. The van der Waals surface area contributed by atoms with Crippen LogP contribution in [0.25, 0.3) is 0 Å². The van der Waals surface area contributed by atoms with Gasteiger partial charge < -0.3 is 15.4 Å². The number of hydrogen-bond acceptors (Lipinski definition) is 5. The molecule has 0 spiro atoms. The fourth-order valence-corrected chi connectivity index (χ4v) is 2.72. The van der Waals surface area contributed by atoms with Gasteiger partial charge in [0.1, 0.15) is 11.8 Å². The lowest BCUT2D eigenvalue weighted by Gasteiger charge is -2.32. The Kier molecular flexibility index (Phi) is 4.25. The van der Waals surface area contributed by atoms with Gasteiger partial charge in [-0.15, -0.1) is 0 Å². The first-order chi connectivity index (χ1) is 11.0. The average molecular weight is 312 g/mol. The predicted molar refractivity (Wildman–Crippen MR) is 87.0 cm³/mol. The van der Waals surface area contributed by atoms with Gasteiger partial charge in [0.05, 0.1) is 18.8 Å². The third-order valence-corrected chi connectivity index (χ3v) is 3.79. The molecule has 1 fully saturated rings. The molecular weight excluding hydrogens is 292 g/mol. The molecule has 2 N–H and O–H groups in total. The summed E-state index contributed by atoms with van der Waals surface area (Å²) in [6, 6.07) is 9.07. The van der Waals surface area contributed by atoms with Crippen LogP contribution in [0.4, 0.5) is 5.69 Å². The van der Waals surface area contributed by atoms with E-state index in [1.165, 1.54) is 0 Å². The molecule has 0 saturated carbocycles. The van der Waals surface area contributed by atoms with Crippen LogP contribution in [-0.2, 0) is 4.74 Å². The number of nitrogen functional groups attached to an aromatic ring is 1. The standard InChI is InChI=1S/C17H20N4O2/c1-11-4-3-5-14(19-11)17(22)21-6-7-23-16(10-21)15-9-13(18)8-12(2)20-15/h3-5,8-9,16H,6-7,10H2,1-2H3,(H2,18,20). The Morgan fingerprint density at radius 1 is 1.26 bits per heavy atom. The summed E-state index contributed by atoms with van der Waals surface area (Å²) in [6.07, 6.45) is -0.264. The Bertz CT molecular complexity index is 712. The Morgan fingerprint density at radius 2 is 2.09 bits per heavy atom. The molecule has 120 valence electrons. The first-order valence-electron chi connectivity index (χ1n) is 7.61. The average Bonchev–Trinajstić information content (AvgIpc) is 2.53. The van der Waals surface area contributed by atoms with Gasteiger partial charge >= 0.3 is 0 Å². The zero-order valence-corrected chi connectivity index (χ0v) is 13.3. The number of aromatic nitrogens is 2. The van der Waals surface area contributed by atoms with Crippen LogP contribution in [0.2, 0.25) is 0 Å². The van der Waals surface area contributed by atoms with Crippen LogP contribution in [0.5, 0.6) is 0 Å². The number of amides is 1. The topological polar surface area (TPSA) is 81.3 Å². The molecule has 23 heavy (non-hydrogen) atoms. The monoisotopic (exact) mass is 312 g/mol. The molecule has 6 heteroatoms. The van der Waals surface area contributed by atoms with Gasteiger partial charge in [-0.3, -0.25) is 9.78 Å². The number of ether oxygens (including phenoxy) is 1. The number of hydrogen-bond donors (Lipinski definition) is 1. The van der Waals surface area contributed by atoms with Crippen LogP contribution in [0, 0.1) is 13.8 Å². The van der Waals surface area contributed by atoms with Gasteiger partial charge in [0, 0.05) is 23.6 Å². The molecule has 1 aliphatic rings. The molecule has 1 aliphatic heterocycles. The summed E-state index contributed by atoms with van der Waals surface area (Å²) < 4.78 is 5.78. The minimum Gasteiger partial charge on any atom is -0.399 e. The number of carbonyl (C=O) groups excluding carboxylic acids is 1. The van der Waals surface area contributed by atoms with E-state index in [1.54, 1.807) is 17.0 Å². The number of rotatable bonds is 2. The van der Waals surface area contributed by atoms with Crippen molar-refractivity contribution >= 4 is 11.6 Å². The van der Waals surface area contributed by atoms with Crippen LogP contribution in [0.15, 0.2) is 30.3 Å². The van der Waals surface area contributed by atoms with E-state index in [-0.39, 0.29) is 12.0 Å². The minimum absolute atomic E-state index is 0.0809. The largest absolute Gasteiger partial charge is 0.399 e. The number of nitrogens with two attached hydrogens (primary N) is 1. The molecule has 2 aromatic heterocycles. The van der Waals surface area contributed by atoms with E-state index < -0.39 is 0 Å². The molecule has 0 aromatic carbocycles. The highest BCUT2D eigenvalue weighted by molar-refractivity contribution is 5.92. The van der Waals surface area contributed by atoms with Crippen molar-refractivity contribution in [2.24, 2.45) is 0 Å². The number of morpholine rings is 1. The van der Waals surface area contributed by atoms with Gasteiger partial charge in [-0.2, -0.15) is 0 Å². The molecule has 1 saturated heterocycles. The number of carbonyl (C=O) groups is 1. The molecule has 3 rings (SSSR count). The molecule has 3 heterocycles. The molecule has 6 nitrogen and oxygen atoms in total. The molecule has 0 radical (unpaired) electrons. The fourth-order valence-electron chi connectivity index (χ4n) is 2.72. The van der Waals surface area contributed by atoms with E-state index >= 15 is 0 Å². The van der Waals surface area contributed by atoms with E-state index in [9.17, 15) is 4.79 Å². The normalized spacial score (nSPS) is 18.0. The Labute approximate surface area is 135 Å². The quantitative estimate of drug-likeness (QED) is 0.916. The molecule has 0 aliphatic carbocycles. The van der Waals surface area contributed by atoms with Gasteiger partial charge in [-0.25, -0.2) is 4.98 Å². The van der Waals surface area contributed by atoms with E-state index in [4.69, 9.17) is 10.5 Å². The van der Waals surface area contributed by atoms with Crippen molar-refractivity contribution in [2.75, 3.05) is 25.4 Å². The summed E-state index contributed by atoms with van der Waals surface area (Å²) >= 11 is 0. The van der Waals surface area contributed by atoms with Gasteiger partial charge in [0.15, 0.2) is 0 Å². The maximum absolute atomic E-state index is 12.6. The highest BCUT2D eigenvalue weighted by Gasteiger charge is 2.27. The second-order valence-corrected chi connectivity index (χ2v) is 5.74. The summed E-state index contributed by atoms with van der Waals surface area (Å²) in [5.74, 6) is -0.0809. The third-order valence-electron chi connectivity index (χ3n) is 3.79. The summed E-state index contributed by atoms with van der Waals surface area (Å²) in [4.78, 5) is 23.2. The van der Waals surface area contributed by atoms with Gasteiger partial charge in [0.25, 0.3) is 5.91 Å². The van der Waals surface area contributed by atoms with Crippen molar-refractivity contribution in [3.63, 3.8) is 0 Å². The van der Waals surface area contributed by atoms with E-state index in [1.807, 2.05) is 32.0 Å². The summed E-state index contributed by atoms with van der Waals surface area (Å²) in [5, 5.41) is 0. The van der Waals surface area contributed by atoms with Crippen LogP contribution >= 0.6 is 0 Å². The van der Waals surface area contributed by atoms with Crippen LogP contribution in [-0.4, -0.2) is 40.5 Å². The van der Waals surface area contributed by atoms with Gasteiger partial charge in [0.2, 0.25) is 0 Å². The Hall–Kier alpha value is -2.47. The molecule has 1 atom stereocenters. The first-order valence-corrected chi connectivity index (χ1v) is 7.61. The molecule has 0 bridgehead atoms. The lowest BCUT2D eigenvalue weighted by molar-refractivity contribution is -0.0249. The van der Waals surface area contributed by atoms with E-state index in [2.05, 4.69) is 9.97 Å². The minimum atomic E-state index is -0.264. The van der Waals surface area contributed by atoms with Gasteiger partial charge in [-0.1, -0.05) is 6.07 Å². The summed E-state index contributed by atoms with van der Waals surface area (Å²) in [5.41, 5.74) is 9.42. The number of pyridine rings is 2. The van der Waals surface area contributed by atoms with E-state index in [0.717, 1.165) is 17.1 Å². The second kappa shape index (κ2) is 6.34. The second-order valence-electron chi connectivity index (χ2n) is 5.74. The fraction of sp³-hybridized carbons (Fsp3) is 0.353. The number of aryl methyl sites for hydroxylation is 2. The molecular formula is C17H20N4O2. The van der Waals surface area contributed by atoms with E-state index in [0.29, 0.717) is 31.1 Å². The number of anilines is 1. The Balaban J connectivity index is 1.79. The van der Waals surface area contributed by atoms with Crippen molar-refractivity contribution in [1.29, 1.82) is 0 Å². The maximum atomic E-state index is 12.6. The van der Waals surface area contributed by atoms with Crippen LogP contribution in [0.1, 0.15) is 33.7 Å². The van der Waals surface area contributed by atoms with Gasteiger partial charge in [-0.05, 0) is 38.1 Å². The SMILES string of the molecule is Cc1cccc(C(=O)N2CCOC(c3cc(N)cc(C)n3)C2)n1. The van der Waals surface area contributed by atoms with Crippen molar-refractivity contribution in [2.45, 2.75) is 20.0 Å². The molecule has 2 aromatic rings. The smallest absolute Gasteiger partial charge is 0.272 e. The van der Waals surface area contributed by atoms with Crippen molar-refractivity contribution in [3.05, 3.63) is 53.1 Å². The van der Waals surface area contributed by atoms with Crippen molar-refractivity contribution < 1.29 is 9.53 Å². The van der Waals surface area contributed by atoms with Crippen LogP contribution in [0.3, 0.4) is 0 Å². The van der Waals surface area contributed by atoms with Crippen molar-refractivity contribution in [3.8, 4) is 0 Å².